The van der Waals surface area contributed by atoms with Crippen molar-refractivity contribution in [2.45, 2.75) is 17.2 Å². The van der Waals surface area contributed by atoms with E-state index in [2.05, 4.69) is 4.98 Å². The van der Waals surface area contributed by atoms with E-state index in [1.165, 1.54) is 29.1 Å². The van der Waals surface area contributed by atoms with E-state index in [0.29, 0.717) is 22.2 Å². The van der Waals surface area contributed by atoms with Crippen LogP contribution in [0.25, 0.3) is 10.9 Å². The van der Waals surface area contributed by atoms with Gasteiger partial charge in [-0.3, -0.25) is 19.5 Å². The Morgan fingerprint density at radius 1 is 1.20 bits per heavy atom. The Balaban J connectivity index is 1.92. The molecule has 0 unspecified atom stereocenters. The number of nitro groups is 1. The monoisotopic (exact) mass is 363 g/mol. The molecular weight excluding hydrogens is 352 g/mol. The van der Waals surface area contributed by atoms with Crippen molar-refractivity contribution in [3.8, 4) is 0 Å². The average molecular weight is 363 g/mol. The Bertz CT molecular complexity index is 990. The molecule has 0 saturated heterocycles. The highest BCUT2D eigenvalue weighted by atomic mass is 32.2. The fraction of sp³-hybridized carbons (Fsp3) is 0.125. The van der Waals surface area contributed by atoms with Crippen LogP contribution in [0.3, 0.4) is 0 Å². The number of alkyl halides is 2. The number of halogens is 2. The number of benzene rings is 2. The molecule has 0 aliphatic heterocycles. The second-order valence-electron chi connectivity index (χ2n) is 5.16. The first kappa shape index (κ1) is 17.0. The maximum absolute atomic E-state index is 12.5. The van der Waals surface area contributed by atoms with Gasteiger partial charge in [-0.2, -0.15) is 8.78 Å². The summed E-state index contributed by atoms with van der Waals surface area (Å²) in [7, 11) is 0. The SMILES string of the molecule is O=c1c2cc([N+](=O)[O-])ccc2ncn1Cc1ccc(SC(F)F)cc1. The van der Waals surface area contributed by atoms with Gasteiger partial charge in [0.05, 0.1) is 28.7 Å². The molecule has 1 aromatic heterocycles. The lowest BCUT2D eigenvalue weighted by molar-refractivity contribution is -0.384. The second-order valence-corrected chi connectivity index (χ2v) is 6.22. The molecule has 6 nitrogen and oxygen atoms in total. The Morgan fingerprint density at radius 2 is 1.92 bits per heavy atom. The third-order valence-electron chi connectivity index (χ3n) is 3.52. The number of hydrogen-bond donors (Lipinski definition) is 0. The van der Waals surface area contributed by atoms with Gasteiger partial charge in [-0.1, -0.05) is 23.9 Å². The maximum Gasteiger partial charge on any atom is 0.288 e. The zero-order chi connectivity index (χ0) is 18.0. The molecule has 0 atom stereocenters. The first-order valence-electron chi connectivity index (χ1n) is 7.11. The Kier molecular flexibility index (Phi) is 4.75. The van der Waals surface area contributed by atoms with Gasteiger partial charge >= 0.3 is 0 Å². The summed E-state index contributed by atoms with van der Waals surface area (Å²) in [6.45, 7) is 0.185. The first-order chi connectivity index (χ1) is 11.9. The van der Waals surface area contributed by atoms with Crippen molar-refractivity contribution in [1.82, 2.24) is 9.55 Å². The lowest BCUT2D eigenvalue weighted by Gasteiger charge is -2.08. The summed E-state index contributed by atoms with van der Waals surface area (Å²) in [5, 5.41) is 11.0. The third-order valence-corrected chi connectivity index (χ3v) is 4.24. The predicted octanol–water partition coefficient (Wildman–Crippen LogP) is 3.67. The van der Waals surface area contributed by atoms with E-state index < -0.39 is 16.2 Å². The fourth-order valence-electron chi connectivity index (χ4n) is 2.35. The van der Waals surface area contributed by atoms with Crippen LogP contribution in [0.15, 0.2) is 58.5 Å². The summed E-state index contributed by atoms with van der Waals surface area (Å²) in [4.78, 5) is 27.4. The zero-order valence-electron chi connectivity index (χ0n) is 12.6. The minimum absolute atomic E-state index is 0.154. The summed E-state index contributed by atoms with van der Waals surface area (Å²) in [5.41, 5.74) is 0.514. The average Bonchev–Trinajstić information content (AvgIpc) is 2.58. The molecule has 0 aliphatic carbocycles. The molecule has 0 radical (unpaired) electrons. The molecule has 3 aromatic rings. The highest BCUT2D eigenvalue weighted by Gasteiger charge is 2.11. The van der Waals surface area contributed by atoms with Gasteiger partial charge in [-0.05, 0) is 23.8 Å². The van der Waals surface area contributed by atoms with Crippen LogP contribution in [0.1, 0.15) is 5.56 Å². The van der Waals surface area contributed by atoms with Crippen molar-refractivity contribution < 1.29 is 13.7 Å². The molecule has 1 heterocycles. The standard InChI is InChI=1S/C16H11F2N3O3S/c17-16(18)25-12-4-1-10(2-5-12)8-20-9-19-14-6-3-11(21(23)24)7-13(14)15(20)22/h1-7,9,16H,8H2. The molecule has 0 aliphatic rings. The van der Waals surface area contributed by atoms with E-state index in [1.54, 1.807) is 24.3 Å². The predicted molar refractivity (Wildman–Crippen MR) is 90.1 cm³/mol. The number of hydrogen-bond acceptors (Lipinski definition) is 5. The number of nitro benzene ring substituents is 1. The number of nitrogens with zero attached hydrogens (tertiary/aromatic N) is 3. The molecule has 0 saturated carbocycles. The van der Waals surface area contributed by atoms with E-state index >= 15 is 0 Å². The van der Waals surface area contributed by atoms with Gasteiger partial charge in [0.15, 0.2) is 0 Å². The molecule has 0 amide bonds. The summed E-state index contributed by atoms with van der Waals surface area (Å²) >= 11 is 0.445. The molecule has 128 valence electrons. The van der Waals surface area contributed by atoms with Crippen LogP contribution in [0.2, 0.25) is 0 Å². The summed E-state index contributed by atoms with van der Waals surface area (Å²) in [6.07, 6.45) is 1.36. The quantitative estimate of drug-likeness (QED) is 0.393. The van der Waals surface area contributed by atoms with Crippen LogP contribution in [-0.4, -0.2) is 20.2 Å². The summed E-state index contributed by atoms with van der Waals surface area (Å²) < 4.78 is 26.0. The van der Waals surface area contributed by atoms with Crippen molar-refractivity contribution in [3.05, 3.63) is 74.8 Å². The second kappa shape index (κ2) is 6.98. The van der Waals surface area contributed by atoms with E-state index in [9.17, 15) is 23.7 Å². The topological polar surface area (TPSA) is 78.0 Å². The van der Waals surface area contributed by atoms with Crippen LogP contribution in [0.5, 0.6) is 0 Å². The fourth-order valence-corrected chi connectivity index (χ4v) is 2.85. The Hall–Kier alpha value is -2.81. The minimum Gasteiger partial charge on any atom is -0.294 e. The van der Waals surface area contributed by atoms with Gasteiger partial charge in [0.1, 0.15) is 0 Å². The number of thioether (sulfide) groups is 1. The molecule has 0 spiro atoms. The van der Waals surface area contributed by atoms with E-state index in [0.717, 1.165) is 5.56 Å². The van der Waals surface area contributed by atoms with Gasteiger partial charge in [-0.15, -0.1) is 0 Å². The number of rotatable bonds is 5. The van der Waals surface area contributed by atoms with E-state index in [1.807, 2.05) is 0 Å². The van der Waals surface area contributed by atoms with Crippen molar-refractivity contribution in [3.63, 3.8) is 0 Å². The Labute approximate surface area is 144 Å². The maximum atomic E-state index is 12.5. The van der Waals surface area contributed by atoms with Crippen molar-refractivity contribution in [1.29, 1.82) is 0 Å². The van der Waals surface area contributed by atoms with Gasteiger partial charge in [0.2, 0.25) is 0 Å². The highest BCUT2D eigenvalue weighted by molar-refractivity contribution is 7.99. The normalized spacial score (nSPS) is 11.2. The summed E-state index contributed by atoms with van der Waals surface area (Å²) in [5.74, 6) is -2.49. The van der Waals surface area contributed by atoms with Crippen LogP contribution in [0, 0.1) is 10.1 Å². The van der Waals surface area contributed by atoms with Crippen molar-refractivity contribution in [2.75, 3.05) is 0 Å². The smallest absolute Gasteiger partial charge is 0.288 e. The lowest BCUT2D eigenvalue weighted by Crippen LogP contribution is -2.21. The Morgan fingerprint density at radius 3 is 2.56 bits per heavy atom. The molecule has 2 aromatic carbocycles. The lowest BCUT2D eigenvalue weighted by atomic mass is 10.2. The van der Waals surface area contributed by atoms with E-state index in [4.69, 9.17) is 0 Å². The van der Waals surface area contributed by atoms with Crippen LogP contribution in [-0.2, 0) is 6.54 Å². The van der Waals surface area contributed by atoms with Crippen molar-refractivity contribution >= 4 is 28.4 Å². The molecule has 0 N–H and O–H groups in total. The van der Waals surface area contributed by atoms with Crippen molar-refractivity contribution in [2.24, 2.45) is 0 Å². The molecular formula is C16H11F2N3O3S. The van der Waals surface area contributed by atoms with Crippen LogP contribution >= 0.6 is 11.8 Å². The largest absolute Gasteiger partial charge is 0.294 e. The van der Waals surface area contributed by atoms with Crippen LogP contribution in [0.4, 0.5) is 14.5 Å². The first-order valence-corrected chi connectivity index (χ1v) is 7.99. The molecule has 25 heavy (non-hydrogen) atoms. The number of aromatic nitrogens is 2. The van der Waals surface area contributed by atoms with E-state index in [-0.39, 0.29) is 17.6 Å². The highest BCUT2D eigenvalue weighted by Crippen LogP contribution is 2.25. The van der Waals surface area contributed by atoms with Gasteiger partial charge in [-0.25, -0.2) is 4.98 Å². The number of non-ortho nitro benzene ring substituents is 1. The molecule has 0 bridgehead atoms. The third kappa shape index (κ3) is 3.82. The van der Waals surface area contributed by atoms with Gasteiger partial charge < -0.3 is 0 Å². The zero-order valence-corrected chi connectivity index (χ0v) is 13.5. The van der Waals surface area contributed by atoms with Gasteiger partial charge in [0, 0.05) is 17.0 Å². The van der Waals surface area contributed by atoms with Gasteiger partial charge in [0.25, 0.3) is 17.0 Å². The number of fused-ring (bicyclic) bond motifs is 1. The minimum atomic E-state index is -2.49. The molecule has 0 fully saturated rings. The summed E-state index contributed by atoms with van der Waals surface area (Å²) in [6, 6.07) is 10.3. The molecule has 9 heteroatoms. The molecule has 3 rings (SSSR count). The van der Waals surface area contributed by atoms with Crippen LogP contribution < -0.4 is 5.56 Å².